The van der Waals surface area contributed by atoms with Crippen molar-refractivity contribution in [1.29, 1.82) is 0 Å². The van der Waals surface area contributed by atoms with Crippen LogP contribution >= 0.6 is 0 Å². The predicted octanol–water partition coefficient (Wildman–Crippen LogP) is 4.81. The van der Waals surface area contributed by atoms with E-state index in [1.165, 1.54) is 29.6 Å². The molecule has 3 aliphatic rings. The Morgan fingerprint density at radius 2 is 2.00 bits per heavy atom. The summed E-state index contributed by atoms with van der Waals surface area (Å²) in [6, 6.07) is 0. The highest BCUT2D eigenvalue weighted by Crippen LogP contribution is 2.58. The SMILES string of the molecule is CC(C)C1=CC2=CC=C3C(C)(CO)CCCC3(C)C2C=C1. The average molecular weight is 284 g/mol. The first-order chi connectivity index (χ1) is 9.90. The van der Waals surface area contributed by atoms with Crippen molar-refractivity contribution < 1.29 is 5.11 Å². The molecule has 0 aromatic heterocycles. The van der Waals surface area contributed by atoms with Crippen LogP contribution < -0.4 is 0 Å². The Bertz CT molecular complexity index is 560. The zero-order chi connectivity index (χ0) is 15.3. The molecule has 1 heteroatoms. The van der Waals surface area contributed by atoms with Crippen molar-refractivity contribution in [2.45, 2.75) is 47.0 Å². The summed E-state index contributed by atoms with van der Waals surface area (Å²) in [6.45, 7) is 9.42. The summed E-state index contributed by atoms with van der Waals surface area (Å²) in [7, 11) is 0. The Morgan fingerprint density at radius 3 is 2.67 bits per heavy atom. The van der Waals surface area contributed by atoms with Crippen LogP contribution in [0, 0.1) is 22.7 Å². The molecule has 0 bridgehead atoms. The van der Waals surface area contributed by atoms with Crippen molar-refractivity contribution in [2.24, 2.45) is 22.7 Å². The smallest absolute Gasteiger partial charge is 0.0522 e. The van der Waals surface area contributed by atoms with Gasteiger partial charge in [-0.3, -0.25) is 0 Å². The van der Waals surface area contributed by atoms with Gasteiger partial charge in [0.15, 0.2) is 0 Å². The maximum absolute atomic E-state index is 9.92. The lowest BCUT2D eigenvalue weighted by Crippen LogP contribution is -2.44. The van der Waals surface area contributed by atoms with Crippen LogP contribution in [0.25, 0.3) is 0 Å². The minimum atomic E-state index is -0.0368. The number of aliphatic hydroxyl groups excluding tert-OH is 1. The molecule has 0 aromatic carbocycles. The van der Waals surface area contributed by atoms with Crippen LogP contribution in [0.15, 0.2) is 47.1 Å². The lowest BCUT2D eigenvalue weighted by atomic mass is 9.52. The zero-order valence-electron chi connectivity index (χ0n) is 13.8. The third-order valence-electron chi connectivity index (χ3n) is 6.01. The highest BCUT2D eigenvalue weighted by molar-refractivity contribution is 5.49. The summed E-state index contributed by atoms with van der Waals surface area (Å²) in [5, 5.41) is 9.92. The molecule has 1 fully saturated rings. The molecule has 1 N–H and O–H groups in total. The molecule has 114 valence electrons. The highest BCUT2D eigenvalue weighted by Gasteiger charge is 2.49. The van der Waals surface area contributed by atoms with E-state index >= 15 is 0 Å². The minimum absolute atomic E-state index is 0.0368. The van der Waals surface area contributed by atoms with E-state index in [4.69, 9.17) is 0 Å². The van der Waals surface area contributed by atoms with E-state index in [0.717, 1.165) is 6.42 Å². The lowest BCUT2D eigenvalue weighted by molar-refractivity contribution is 0.0879. The zero-order valence-corrected chi connectivity index (χ0v) is 13.8. The molecule has 1 saturated carbocycles. The standard InChI is InChI=1S/C20H28O/c1-14(2)15-6-8-17-16(12-15)7-9-18-19(3,13-21)10-5-11-20(17,18)4/h6-9,12,14,17,21H,5,10-11,13H2,1-4H3. The summed E-state index contributed by atoms with van der Waals surface area (Å²) < 4.78 is 0. The molecular formula is C20H28O. The number of aliphatic hydroxyl groups is 1. The van der Waals surface area contributed by atoms with Gasteiger partial charge >= 0.3 is 0 Å². The van der Waals surface area contributed by atoms with Crippen molar-refractivity contribution in [1.82, 2.24) is 0 Å². The monoisotopic (exact) mass is 284 g/mol. The molecule has 3 aliphatic carbocycles. The van der Waals surface area contributed by atoms with Crippen LogP contribution in [0.1, 0.15) is 47.0 Å². The molecule has 0 amide bonds. The lowest BCUT2D eigenvalue weighted by Gasteiger charge is -2.52. The second kappa shape index (κ2) is 4.98. The Kier molecular flexibility index (Phi) is 3.52. The third kappa shape index (κ3) is 2.17. The van der Waals surface area contributed by atoms with Crippen molar-refractivity contribution in [3.8, 4) is 0 Å². The van der Waals surface area contributed by atoms with Gasteiger partial charge in [0.2, 0.25) is 0 Å². The fraction of sp³-hybridized carbons (Fsp3) is 0.600. The maximum Gasteiger partial charge on any atom is 0.0522 e. The topological polar surface area (TPSA) is 20.2 Å². The van der Waals surface area contributed by atoms with Gasteiger partial charge in [-0.05, 0) is 35.3 Å². The first kappa shape index (κ1) is 14.8. The van der Waals surface area contributed by atoms with Crippen LogP contribution in [0.3, 0.4) is 0 Å². The van der Waals surface area contributed by atoms with Crippen LogP contribution in [0.4, 0.5) is 0 Å². The highest BCUT2D eigenvalue weighted by atomic mass is 16.3. The fourth-order valence-electron chi connectivity index (χ4n) is 4.60. The van der Waals surface area contributed by atoms with E-state index in [0.29, 0.717) is 11.8 Å². The van der Waals surface area contributed by atoms with Gasteiger partial charge < -0.3 is 5.11 Å². The van der Waals surface area contributed by atoms with Crippen molar-refractivity contribution >= 4 is 0 Å². The number of rotatable bonds is 2. The second-order valence-corrected chi connectivity index (χ2v) is 7.87. The van der Waals surface area contributed by atoms with E-state index in [1.807, 2.05) is 0 Å². The second-order valence-electron chi connectivity index (χ2n) is 7.87. The van der Waals surface area contributed by atoms with Gasteiger partial charge in [-0.25, -0.2) is 0 Å². The molecule has 0 aromatic rings. The maximum atomic E-state index is 9.92. The Labute approximate surface area is 129 Å². The molecule has 21 heavy (non-hydrogen) atoms. The number of hydrogen-bond acceptors (Lipinski definition) is 1. The van der Waals surface area contributed by atoms with Crippen LogP contribution in [-0.2, 0) is 0 Å². The van der Waals surface area contributed by atoms with E-state index in [1.54, 1.807) is 0 Å². The van der Waals surface area contributed by atoms with E-state index in [2.05, 4.69) is 58.1 Å². The number of fused-ring (bicyclic) bond motifs is 3. The molecule has 0 heterocycles. The molecule has 0 saturated heterocycles. The molecular weight excluding hydrogens is 256 g/mol. The van der Waals surface area contributed by atoms with Crippen LogP contribution in [0.5, 0.6) is 0 Å². The number of hydrogen-bond donors (Lipinski definition) is 1. The largest absolute Gasteiger partial charge is 0.395 e. The molecule has 3 unspecified atom stereocenters. The van der Waals surface area contributed by atoms with Gasteiger partial charge in [0.1, 0.15) is 0 Å². The van der Waals surface area contributed by atoms with E-state index in [9.17, 15) is 5.11 Å². The quantitative estimate of drug-likeness (QED) is 0.771. The van der Waals surface area contributed by atoms with Crippen LogP contribution in [0.2, 0.25) is 0 Å². The first-order valence-corrected chi connectivity index (χ1v) is 8.34. The molecule has 1 nitrogen and oxygen atoms in total. The molecule has 0 aliphatic heterocycles. The summed E-state index contributed by atoms with van der Waals surface area (Å²) in [5.74, 6) is 1.06. The normalized spacial score (nSPS) is 38.4. The van der Waals surface area contributed by atoms with Crippen molar-refractivity contribution in [3.05, 3.63) is 47.1 Å². The molecule has 3 atom stereocenters. The summed E-state index contributed by atoms with van der Waals surface area (Å²) in [6.07, 6.45) is 15.3. The Balaban J connectivity index is 2.06. The molecule has 0 spiro atoms. The molecule has 0 radical (unpaired) electrons. The third-order valence-corrected chi connectivity index (χ3v) is 6.01. The van der Waals surface area contributed by atoms with Crippen molar-refractivity contribution in [2.75, 3.05) is 6.61 Å². The predicted molar refractivity (Wildman–Crippen MR) is 88.9 cm³/mol. The number of allylic oxidation sites excluding steroid dienone is 7. The van der Waals surface area contributed by atoms with Gasteiger partial charge in [0.05, 0.1) is 6.61 Å². The van der Waals surface area contributed by atoms with Crippen molar-refractivity contribution in [3.63, 3.8) is 0 Å². The van der Waals surface area contributed by atoms with Gasteiger partial charge in [-0.2, -0.15) is 0 Å². The Hall–Kier alpha value is -1.08. The summed E-state index contributed by atoms with van der Waals surface area (Å²) in [4.78, 5) is 0. The van der Waals surface area contributed by atoms with Crippen LogP contribution in [-0.4, -0.2) is 11.7 Å². The van der Waals surface area contributed by atoms with Gasteiger partial charge in [0.25, 0.3) is 0 Å². The van der Waals surface area contributed by atoms with Gasteiger partial charge in [-0.1, -0.05) is 70.1 Å². The minimum Gasteiger partial charge on any atom is -0.395 e. The Morgan fingerprint density at radius 1 is 1.24 bits per heavy atom. The van der Waals surface area contributed by atoms with Gasteiger partial charge in [0, 0.05) is 11.3 Å². The summed E-state index contributed by atoms with van der Waals surface area (Å²) >= 11 is 0. The fourth-order valence-corrected chi connectivity index (χ4v) is 4.60. The first-order valence-electron chi connectivity index (χ1n) is 8.34. The van der Waals surface area contributed by atoms with E-state index in [-0.39, 0.29) is 17.4 Å². The summed E-state index contributed by atoms with van der Waals surface area (Å²) in [5.41, 5.74) is 4.48. The molecule has 3 rings (SSSR count). The van der Waals surface area contributed by atoms with E-state index < -0.39 is 0 Å². The average Bonchev–Trinajstić information content (AvgIpc) is 2.46. The van der Waals surface area contributed by atoms with Gasteiger partial charge in [-0.15, -0.1) is 0 Å².